The molecule has 6 heteroatoms. The fourth-order valence-corrected chi connectivity index (χ4v) is 3.14. The third-order valence-electron chi connectivity index (χ3n) is 2.51. The van der Waals surface area contributed by atoms with E-state index < -0.39 is 0 Å². The first-order valence-corrected chi connectivity index (χ1v) is 7.84. The summed E-state index contributed by atoms with van der Waals surface area (Å²) in [4.78, 5) is 4.27. The number of thioether (sulfide) groups is 1. The number of hydrogen-bond donors (Lipinski definition) is 1. The summed E-state index contributed by atoms with van der Waals surface area (Å²) in [5.41, 5.74) is 7.38. The van der Waals surface area contributed by atoms with Crippen molar-refractivity contribution in [3.05, 3.63) is 63.1 Å². The number of benzene rings is 2. The Hall–Kier alpha value is -0.870. The first-order valence-electron chi connectivity index (χ1n) is 5.72. The molecule has 0 fully saturated rings. The van der Waals surface area contributed by atoms with Gasteiger partial charge in [-0.2, -0.15) is 0 Å². The van der Waals surface area contributed by atoms with E-state index in [0.717, 1.165) is 5.56 Å². The van der Waals surface area contributed by atoms with Crippen molar-refractivity contribution in [3.8, 4) is 0 Å². The number of rotatable bonds is 3. The van der Waals surface area contributed by atoms with Crippen LogP contribution < -0.4 is 5.73 Å². The molecule has 104 valence electrons. The maximum atomic E-state index is 6.10. The lowest BCUT2D eigenvalue weighted by molar-refractivity contribution is 1.42. The number of halogens is 3. The second-order valence-corrected chi connectivity index (χ2v) is 6.11. The van der Waals surface area contributed by atoms with Crippen LogP contribution in [-0.4, -0.2) is 5.17 Å². The van der Waals surface area contributed by atoms with Crippen LogP contribution in [0.5, 0.6) is 0 Å². The van der Waals surface area contributed by atoms with Crippen LogP contribution in [0.2, 0.25) is 15.1 Å². The molecule has 0 unspecified atom stereocenters. The highest BCUT2D eigenvalue weighted by Gasteiger charge is 2.07. The normalized spacial score (nSPS) is 11.7. The van der Waals surface area contributed by atoms with Gasteiger partial charge in [0.15, 0.2) is 5.17 Å². The number of para-hydroxylation sites is 1. The first-order chi connectivity index (χ1) is 9.58. The molecule has 0 spiro atoms. The standard InChI is InChI=1S/C14H11Cl3N2S/c15-10-5-3-6-11(16)9(10)8-20-14(18)19-13-7-2-1-4-12(13)17/h1-7H,8H2,(H2,18,19). The second-order valence-electron chi connectivity index (χ2n) is 3.89. The van der Waals surface area contributed by atoms with Crippen LogP contribution in [0.4, 0.5) is 5.69 Å². The van der Waals surface area contributed by atoms with Gasteiger partial charge in [-0.3, -0.25) is 0 Å². The lowest BCUT2D eigenvalue weighted by atomic mass is 10.2. The Kier molecular flexibility index (Phi) is 5.61. The van der Waals surface area contributed by atoms with E-state index in [4.69, 9.17) is 40.5 Å². The Bertz CT molecular complexity index is 624. The molecule has 2 nitrogen and oxygen atoms in total. The number of amidine groups is 1. The summed E-state index contributed by atoms with van der Waals surface area (Å²) in [5, 5.41) is 2.21. The Labute approximate surface area is 136 Å². The van der Waals surface area contributed by atoms with Gasteiger partial charge in [0.2, 0.25) is 0 Å². The van der Waals surface area contributed by atoms with Crippen molar-refractivity contribution in [1.82, 2.24) is 0 Å². The zero-order valence-corrected chi connectivity index (χ0v) is 13.4. The highest BCUT2D eigenvalue weighted by molar-refractivity contribution is 8.13. The maximum absolute atomic E-state index is 6.10. The van der Waals surface area contributed by atoms with E-state index in [1.807, 2.05) is 12.1 Å². The van der Waals surface area contributed by atoms with Crippen molar-refractivity contribution in [2.45, 2.75) is 5.75 Å². The molecule has 0 radical (unpaired) electrons. The van der Waals surface area contributed by atoms with Crippen molar-refractivity contribution < 1.29 is 0 Å². The van der Waals surface area contributed by atoms with Crippen LogP contribution in [0.3, 0.4) is 0 Å². The fraction of sp³-hybridized carbons (Fsp3) is 0.0714. The molecule has 0 aromatic heterocycles. The SMILES string of the molecule is NC(=Nc1ccccc1Cl)SCc1c(Cl)cccc1Cl. The first kappa shape index (κ1) is 15.5. The molecule has 0 aliphatic carbocycles. The summed E-state index contributed by atoms with van der Waals surface area (Å²) < 4.78 is 0. The minimum absolute atomic E-state index is 0.411. The number of nitrogens with two attached hydrogens (primary N) is 1. The average molecular weight is 346 g/mol. The van der Waals surface area contributed by atoms with Gasteiger partial charge >= 0.3 is 0 Å². The van der Waals surface area contributed by atoms with Gasteiger partial charge in [-0.05, 0) is 29.8 Å². The predicted octanol–water partition coefficient (Wildman–Crippen LogP) is 5.53. The van der Waals surface area contributed by atoms with Crippen molar-refractivity contribution in [2.24, 2.45) is 10.7 Å². The molecule has 20 heavy (non-hydrogen) atoms. The van der Waals surface area contributed by atoms with E-state index in [9.17, 15) is 0 Å². The van der Waals surface area contributed by atoms with Gasteiger partial charge in [-0.25, -0.2) is 4.99 Å². The minimum atomic E-state index is 0.411. The van der Waals surface area contributed by atoms with Gasteiger partial charge in [0.25, 0.3) is 0 Å². The summed E-state index contributed by atoms with van der Waals surface area (Å²) >= 11 is 19.6. The third kappa shape index (κ3) is 4.06. The van der Waals surface area contributed by atoms with E-state index in [1.54, 1.807) is 30.3 Å². The van der Waals surface area contributed by atoms with Crippen LogP contribution in [0, 0.1) is 0 Å². The van der Waals surface area contributed by atoms with E-state index in [2.05, 4.69) is 4.99 Å². The number of hydrogen-bond acceptors (Lipinski definition) is 2. The van der Waals surface area contributed by atoms with Gasteiger partial charge in [-0.15, -0.1) is 0 Å². The number of nitrogens with zero attached hydrogens (tertiary/aromatic N) is 1. The Morgan fingerprint density at radius 1 is 0.950 bits per heavy atom. The van der Waals surface area contributed by atoms with Gasteiger partial charge < -0.3 is 5.73 Å². The maximum Gasteiger partial charge on any atom is 0.159 e. The monoisotopic (exact) mass is 344 g/mol. The van der Waals surface area contributed by atoms with Crippen LogP contribution in [-0.2, 0) is 5.75 Å². The zero-order valence-electron chi connectivity index (χ0n) is 10.3. The lowest BCUT2D eigenvalue weighted by Crippen LogP contribution is -2.06. The molecule has 2 aromatic carbocycles. The molecular weight excluding hydrogens is 335 g/mol. The summed E-state index contributed by atoms with van der Waals surface area (Å²) in [6.45, 7) is 0. The largest absolute Gasteiger partial charge is 0.378 e. The average Bonchev–Trinajstić information content (AvgIpc) is 2.41. The van der Waals surface area contributed by atoms with Crippen LogP contribution in [0.1, 0.15) is 5.56 Å². The van der Waals surface area contributed by atoms with Crippen LogP contribution in [0.25, 0.3) is 0 Å². The van der Waals surface area contributed by atoms with Crippen molar-refractivity contribution in [3.63, 3.8) is 0 Å². The molecule has 2 rings (SSSR count). The fourth-order valence-electron chi connectivity index (χ4n) is 1.51. The van der Waals surface area contributed by atoms with E-state index in [-0.39, 0.29) is 0 Å². The van der Waals surface area contributed by atoms with E-state index in [0.29, 0.717) is 31.7 Å². The molecule has 2 N–H and O–H groups in total. The second kappa shape index (κ2) is 7.23. The zero-order chi connectivity index (χ0) is 14.5. The van der Waals surface area contributed by atoms with Crippen molar-refractivity contribution >= 4 is 57.4 Å². The molecule has 0 aliphatic rings. The van der Waals surface area contributed by atoms with Crippen molar-refractivity contribution in [1.29, 1.82) is 0 Å². The van der Waals surface area contributed by atoms with Gasteiger partial charge in [0, 0.05) is 15.8 Å². The van der Waals surface area contributed by atoms with Crippen LogP contribution in [0.15, 0.2) is 47.5 Å². The molecule has 0 heterocycles. The molecule has 2 aromatic rings. The Morgan fingerprint density at radius 3 is 2.20 bits per heavy atom. The molecule has 0 aliphatic heterocycles. The quantitative estimate of drug-likeness (QED) is 0.587. The van der Waals surface area contributed by atoms with Gasteiger partial charge in [0.05, 0.1) is 10.7 Å². The summed E-state index contributed by atoms with van der Waals surface area (Å²) in [6.07, 6.45) is 0. The molecule has 0 saturated carbocycles. The van der Waals surface area contributed by atoms with Crippen LogP contribution >= 0.6 is 46.6 Å². The van der Waals surface area contributed by atoms with Crippen molar-refractivity contribution in [2.75, 3.05) is 0 Å². The minimum Gasteiger partial charge on any atom is -0.378 e. The third-order valence-corrected chi connectivity index (χ3v) is 4.36. The number of aliphatic imine (C=N–C) groups is 1. The molecule has 0 saturated heterocycles. The highest BCUT2D eigenvalue weighted by atomic mass is 35.5. The lowest BCUT2D eigenvalue weighted by Gasteiger charge is -2.06. The van der Waals surface area contributed by atoms with E-state index in [1.165, 1.54) is 11.8 Å². The summed E-state index contributed by atoms with van der Waals surface area (Å²) in [6, 6.07) is 12.7. The molecule has 0 atom stereocenters. The molecule has 0 bridgehead atoms. The van der Waals surface area contributed by atoms with Gasteiger partial charge in [-0.1, -0.05) is 64.8 Å². The smallest absolute Gasteiger partial charge is 0.159 e. The Morgan fingerprint density at radius 2 is 1.55 bits per heavy atom. The van der Waals surface area contributed by atoms with E-state index >= 15 is 0 Å². The summed E-state index contributed by atoms with van der Waals surface area (Å²) in [5.74, 6) is 0.554. The topological polar surface area (TPSA) is 38.4 Å². The predicted molar refractivity (Wildman–Crippen MR) is 90.5 cm³/mol. The summed E-state index contributed by atoms with van der Waals surface area (Å²) in [7, 11) is 0. The molecule has 0 amide bonds. The van der Waals surface area contributed by atoms with Gasteiger partial charge in [0.1, 0.15) is 0 Å². The highest BCUT2D eigenvalue weighted by Crippen LogP contribution is 2.29. The molecular formula is C14H11Cl3N2S. The Balaban J connectivity index is 2.09.